The summed E-state index contributed by atoms with van der Waals surface area (Å²) >= 11 is 0. The lowest BCUT2D eigenvalue weighted by Gasteiger charge is -2.15. The molecule has 0 fully saturated rings. The second-order valence-corrected chi connectivity index (χ2v) is 8.08. The molecular weight excluding hydrogens is 502 g/mol. The lowest BCUT2D eigenvalue weighted by atomic mass is 9.96. The minimum absolute atomic E-state index is 0.0466. The van der Waals surface area contributed by atoms with Crippen LogP contribution in [-0.2, 0) is 27.3 Å². The number of carbonyl (C=O) groups excluding carboxylic acids is 1. The van der Waals surface area contributed by atoms with Crippen LogP contribution in [0, 0.1) is 12.7 Å². The molecule has 0 atom stereocenters. The number of hydrogen-bond donors (Lipinski definition) is 1. The Morgan fingerprint density at radius 3 is 2.13 bits per heavy atom. The first-order valence-electron chi connectivity index (χ1n) is 11.4. The molecule has 0 aliphatic rings. The zero-order chi connectivity index (χ0) is 28.3. The van der Waals surface area contributed by atoms with Gasteiger partial charge in [0.05, 0.1) is 17.0 Å². The van der Waals surface area contributed by atoms with E-state index in [1.165, 1.54) is 44.4 Å². The Labute approximate surface area is 219 Å². The normalized spacial score (nSPS) is 11.8. The number of rotatable bonds is 8. The summed E-state index contributed by atoms with van der Waals surface area (Å²) in [5.41, 5.74) is 3.10. The van der Waals surface area contributed by atoms with Crippen LogP contribution in [0.15, 0.2) is 71.0 Å². The zero-order valence-corrected chi connectivity index (χ0v) is 21.7. The predicted octanol–water partition coefficient (Wildman–Crippen LogP) is 6.49. The van der Waals surface area contributed by atoms with E-state index in [1.807, 2.05) is 25.1 Å². The van der Waals surface area contributed by atoms with Crippen LogP contribution in [0.4, 0.5) is 17.6 Å². The predicted molar refractivity (Wildman–Crippen MR) is 139 cm³/mol. The molecule has 1 N–H and O–H groups in total. The molecule has 0 bridgehead atoms. The van der Waals surface area contributed by atoms with E-state index in [0.717, 1.165) is 22.8 Å². The van der Waals surface area contributed by atoms with Gasteiger partial charge in [-0.05, 0) is 55.7 Å². The van der Waals surface area contributed by atoms with Crippen LogP contribution in [0.25, 0.3) is 11.1 Å². The maximum absolute atomic E-state index is 13.8. The summed E-state index contributed by atoms with van der Waals surface area (Å²) in [6.45, 7) is 5.19. The third-order valence-corrected chi connectivity index (χ3v) is 5.45. The van der Waals surface area contributed by atoms with Crippen LogP contribution >= 0.6 is 0 Å². The Balaban J connectivity index is 0.00000118. The van der Waals surface area contributed by atoms with Crippen LogP contribution < -0.4 is 5.32 Å². The molecular formula is C28H29F4N3O3. The fourth-order valence-electron chi connectivity index (χ4n) is 3.58. The minimum Gasteiger partial charge on any atom is -0.399 e. The van der Waals surface area contributed by atoms with E-state index in [4.69, 9.17) is 14.5 Å². The average molecular weight is 532 g/mol. The van der Waals surface area contributed by atoms with E-state index in [2.05, 4.69) is 15.6 Å². The minimum atomic E-state index is -4.61. The van der Waals surface area contributed by atoms with E-state index < -0.39 is 17.6 Å². The molecule has 0 radical (unpaired) electrons. The highest BCUT2D eigenvalue weighted by Crippen LogP contribution is 2.35. The van der Waals surface area contributed by atoms with Crippen molar-refractivity contribution >= 4 is 17.8 Å². The summed E-state index contributed by atoms with van der Waals surface area (Å²) in [7, 11) is 3.01. The van der Waals surface area contributed by atoms with Crippen molar-refractivity contribution in [3.05, 3.63) is 94.3 Å². The van der Waals surface area contributed by atoms with Crippen LogP contribution in [-0.4, -0.2) is 32.0 Å². The summed E-state index contributed by atoms with van der Waals surface area (Å²) in [6.07, 6.45) is -3.99. The third-order valence-electron chi connectivity index (χ3n) is 5.45. The lowest BCUT2D eigenvalue weighted by molar-refractivity contribution is -0.137. The van der Waals surface area contributed by atoms with E-state index in [0.29, 0.717) is 23.2 Å². The van der Waals surface area contributed by atoms with Crippen molar-refractivity contribution in [3.63, 3.8) is 0 Å². The number of oxime groups is 2. The van der Waals surface area contributed by atoms with Gasteiger partial charge < -0.3 is 15.0 Å². The Bertz CT molecular complexity index is 1290. The first-order valence-corrected chi connectivity index (χ1v) is 11.4. The monoisotopic (exact) mass is 531 g/mol. The van der Waals surface area contributed by atoms with Gasteiger partial charge in [0, 0.05) is 23.7 Å². The Morgan fingerprint density at radius 2 is 1.55 bits per heavy atom. The summed E-state index contributed by atoms with van der Waals surface area (Å²) in [5, 5.41) is 10.2. The van der Waals surface area contributed by atoms with Gasteiger partial charge in [-0.15, -0.1) is 0 Å². The van der Waals surface area contributed by atoms with Gasteiger partial charge in [-0.25, -0.2) is 4.39 Å². The fourth-order valence-corrected chi connectivity index (χ4v) is 3.58. The van der Waals surface area contributed by atoms with Gasteiger partial charge in [-0.2, -0.15) is 13.2 Å². The van der Waals surface area contributed by atoms with E-state index in [1.54, 1.807) is 20.0 Å². The molecule has 0 saturated heterocycles. The van der Waals surface area contributed by atoms with Crippen molar-refractivity contribution in [1.29, 1.82) is 0 Å². The maximum Gasteiger partial charge on any atom is 0.417 e. The number of halogens is 4. The number of carbonyl (C=O) groups is 1. The molecule has 38 heavy (non-hydrogen) atoms. The molecule has 1 amide bonds. The van der Waals surface area contributed by atoms with Gasteiger partial charge >= 0.3 is 6.18 Å². The highest BCUT2D eigenvalue weighted by atomic mass is 19.4. The summed E-state index contributed by atoms with van der Waals surface area (Å²) in [5.74, 6) is -0.461. The Hall–Kier alpha value is -4.21. The van der Waals surface area contributed by atoms with Gasteiger partial charge in [-0.3, -0.25) is 4.79 Å². The first kappa shape index (κ1) is 30.0. The van der Waals surface area contributed by atoms with Crippen LogP contribution in [0.3, 0.4) is 0 Å². The first-order chi connectivity index (χ1) is 18.0. The molecule has 6 nitrogen and oxygen atoms in total. The van der Waals surface area contributed by atoms with Crippen molar-refractivity contribution in [2.45, 2.75) is 33.6 Å². The quantitative estimate of drug-likeness (QED) is 0.156. The number of amides is 1. The number of nitrogens with zero attached hydrogens (tertiary/aromatic N) is 2. The highest BCUT2D eigenvalue weighted by molar-refractivity contribution is 6.01. The van der Waals surface area contributed by atoms with Gasteiger partial charge in [0.2, 0.25) is 6.41 Å². The van der Waals surface area contributed by atoms with Crippen LogP contribution in [0.1, 0.15) is 41.7 Å². The largest absolute Gasteiger partial charge is 0.417 e. The molecule has 202 valence electrons. The summed E-state index contributed by atoms with van der Waals surface area (Å²) in [4.78, 5) is 19.4. The third kappa shape index (κ3) is 8.16. The second-order valence-electron chi connectivity index (χ2n) is 8.08. The van der Waals surface area contributed by atoms with E-state index in [-0.39, 0.29) is 17.9 Å². The van der Waals surface area contributed by atoms with Crippen molar-refractivity contribution in [2.75, 3.05) is 14.2 Å². The number of aryl methyl sites for hydroxylation is 1. The molecule has 0 heterocycles. The molecule has 0 unspecified atom stereocenters. The zero-order valence-electron chi connectivity index (χ0n) is 21.7. The molecule has 0 aromatic heterocycles. The maximum atomic E-state index is 13.8. The van der Waals surface area contributed by atoms with Gasteiger partial charge in [0.1, 0.15) is 19.5 Å². The smallest absolute Gasteiger partial charge is 0.399 e. The lowest BCUT2D eigenvalue weighted by Crippen LogP contribution is -2.13. The van der Waals surface area contributed by atoms with Crippen LogP contribution in [0.2, 0.25) is 0 Å². The van der Waals surface area contributed by atoms with Gasteiger partial charge in [0.25, 0.3) is 0 Å². The molecule has 3 aromatic carbocycles. The molecule has 3 rings (SSSR count). The second kappa shape index (κ2) is 13.9. The molecule has 0 saturated carbocycles. The van der Waals surface area contributed by atoms with Crippen molar-refractivity contribution in [2.24, 2.45) is 10.3 Å². The van der Waals surface area contributed by atoms with E-state index in [9.17, 15) is 17.6 Å². The molecule has 0 aliphatic heterocycles. The van der Waals surface area contributed by atoms with Crippen molar-refractivity contribution in [3.8, 4) is 11.1 Å². The number of nitrogens with one attached hydrogen (secondary N) is 1. The number of alkyl halides is 3. The molecule has 3 aromatic rings. The SMILES string of the molecule is CNC=O.CO/N=C(/C)c1cccc(C)c1CO/N=C(\C)c1ccc(-c2ccc(F)cc2)cc1C(F)(F)F. The number of hydrogen-bond acceptors (Lipinski definition) is 5. The molecule has 0 aliphatic carbocycles. The van der Waals surface area contributed by atoms with Crippen molar-refractivity contribution in [1.82, 2.24) is 5.32 Å². The van der Waals surface area contributed by atoms with Gasteiger partial charge in [-0.1, -0.05) is 52.8 Å². The highest BCUT2D eigenvalue weighted by Gasteiger charge is 2.34. The Morgan fingerprint density at radius 1 is 0.947 bits per heavy atom. The summed E-state index contributed by atoms with van der Waals surface area (Å²) < 4.78 is 54.7. The average Bonchev–Trinajstić information content (AvgIpc) is 2.89. The fraction of sp³-hybridized carbons (Fsp3) is 0.250. The van der Waals surface area contributed by atoms with Crippen molar-refractivity contribution < 1.29 is 32.0 Å². The van der Waals surface area contributed by atoms with Crippen LogP contribution in [0.5, 0.6) is 0 Å². The summed E-state index contributed by atoms with van der Waals surface area (Å²) in [6, 6.07) is 14.8. The molecule has 10 heteroatoms. The number of benzene rings is 3. The Kier molecular flexibility index (Phi) is 11.0. The van der Waals surface area contributed by atoms with Gasteiger partial charge in [0.15, 0.2) is 0 Å². The van der Waals surface area contributed by atoms with E-state index >= 15 is 0 Å². The molecule has 0 spiro atoms. The standard InChI is InChI=1S/C26H24F4N2O2.C2H5NO/c1-16-6-5-7-22(17(2)31-33-4)24(16)15-34-32-18(3)23-13-10-20(14-25(23)26(28,29)30)19-8-11-21(27)12-9-19;1-3-2-4/h5-14H,15H2,1-4H3;2H,1H3,(H,3,4)/b31-17-,32-18+;. The topological polar surface area (TPSA) is 72.3 Å².